The minimum atomic E-state index is -0.531. The predicted octanol–water partition coefficient (Wildman–Crippen LogP) is 18.0. The maximum Gasteiger partial charge on any atom is 0.258 e. The molecule has 9 rings (SSSR count). The van der Waals surface area contributed by atoms with Gasteiger partial charge in [-0.15, -0.1) is 0 Å². The van der Waals surface area contributed by atoms with Crippen LogP contribution >= 0.6 is 58.0 Å². The third kappa shape index (κ3) is 18.5. The smallest absolute Gasteiger partial charge is 0.258 e. The van der Waals surface area contributed by atoms with Gasteiger partial charge in [0.25, 0.3) is 17.7 Å². The second-order valence-electron chi connectivity index (χ2n) is 24.0. The Kier molecular flexibility index (Phi) is 23.1. The molecule has 0 bridgehead atoms. The van der Waals surface area contributed by atoms with Crippen LogP contribution in [0.4, 0.5) is 21.5 Å². The van der Waals surface area contributed by atoms with E-state index in [9.17, 15) is 18.8 Å². The average molecular weight is 1200 g/mol. The number of quaternary nitrogens is 3. The van der Waals surface area contributed by atoms with Gasteiger partial charge in [0.2, 0.25) is 0 Å². The highest BCUT2D eigenvalue weighted by atomic mass is 35.5. The minimum absolute atomic E-state index is 0.0549. The number of amides is 3. The first kappa shape index (κ1) is 63.6. The number of nitrogens with one attached hydrogen (secondary N) is 3. The fraction of sp³-hybridized carbons (Fsp3) is 0.409. The van der Waals surface area contributed by atoms with E-state index in [1.54, 1.807) is 36.4 Å². The zero-order chi connectivity index (χ0) is 58.3. The van der Waals surface area contributed by atoms with Gasteiger partial charge in [-0.2, -0.15) is 0 Å². The van der Waals surface area contributed by atoms with Crippen molar-refractivity contribution in [3.05, 3.63) is 192 Å². The van der Waals surface area contributed by atoms with Crippen LogP contribution in [0, 0.1) is 5.82 Å². The number of hydrogen-bond acceptors (Lipinski definition) is 3. The summed E-state index contributed by atoms with van der Waals surface area (Å²) in [6, 6.07) is 40.4. The van der Waals surface area contributed by atoms with Crippen molar-refractivity contribution in [2.24, 2.45) is 0 Å². The Bertz CT molecular complexity index is 3020. The number of nitrogens with zero attached hydrogens (tertiary/aromatic N) is 3. The lowest BCUT2D eigenvalue weighted by atomic mass is 9.92. The van der Waals surface area contributed by atoms with Crippen LogP contribution < -0.4 is 16.0 Å². The highest BCUT2D eigenvalue weighted by Crippen LogP contribution is 2.33. The van der Waals surface area contributed by atoms with Gasteiger partial charge in [0.15, 0.2) is 0 Å². The maximum absolute atomic E-state index is 13.2. The molecule has 9 nitrogen and oxygen atoms in total. The van der Waals surface area contributed by atoms with Crippen molar-refractivity contribution in [1.29, 1.82) is 0 Å². The molecule has 15 heteroatoms. The minimum Gasteiger partial charge on any atom is -0.322 e. The van der Waals surface area contributed by atoms with Gasteiger partial charge in [0.1, 0.15) is 25.5 Å². The lowest BCUT2D eigenvalue weighted by Gasteiger charge is -2.40. The fourth-order valence-corrected chi connectivity index (χ4v) is 13.0. The Morgan fingerprint density at radius 3 is 1.15 bits per heavy atom. The fourth-order valence-electron chi connectivity index (χ4n) is 11.8. The molecule has 3 aliphatic carbocycles. The molecule has 432 valence electrons. The number of rotatable bonds is 15. The summed E-state index contributed by atoms with van der Waals surface area (Å²) in [6.45, 7) is 2.97. The molecule has 0 saturated heterocycles. The molecule has 0 aliphatic heterocycles. The Balaban J connectivity index is 0.000000175. The molecule has 6 aromatic rings. The van der Waals surface area contributed by atoms with Crippen LogP contribution in [-0.2, 0) is 19.6 Å². The number of hydrogen-bond donors (Lipinski definition) is 3. The molecule has 6 aromatic carbocycles. The number of halogens is 6. The van der Waals surface area contributed by atoms with Crippen LogP contribution in [0.2, 0.25) is 25.1 Å². The van der Waals surface area contributed by atoms with Gasteiger partial charge in [0.05, 0.1) is 96.7 Å². The largest absolute Gasteiger partial charge is 0.322 e. The second kappa shape index (κ2) is 29.5. The van der Waals surface area contributed by atoms with Crippen LogP contribution in [0.3, 0.4) is 0 Å². The standard InChI is InChI=1S/2C22H26Cl2N2O.C22H26ClFN2O/c1-26(2,18-7-4-3-5-8-18)15-16-11-13-17(14-12-16)25-22(27)21-19(23)9-6-10-20(21)24;1-26(2,18-7-4-3-5-8-18)15-16-11-13-17(14-12-16)25-22(27)19-9-6-10-20(23)21(19)24;1-26(2,19-6-4-3-5-7-19)15-16-8-11-18(12-9-16)25-22(27)17-10-13-21(24)20(23)14-17/h2*6,9-14,18H,3-5,7-8,15H2,1-2H3;8-14,19H,3-7,15H2,1-2H3/p+3. The van der Waals surface area contributed by atoms with Gasteiger partial charge in [0, 0.05) is 39.3 Å². The number of carbonyl (C=O) groups excluding carboxylic acids is 3. The van der Waals surface area contributed by atoms with Crippen molar-refractivity contribution < 1.29 is 32.2 Å². The van der Waals surface area contributed by atoms with Gasteiger partial charge in [-0.05, 0) is 156 Å². The summed E-state index contributed by atoms with van der Waals surface area (Å²) in [5.74, 6) is -1.38. The van der Waals surface area contributed by atoms with Crippen LogP contribution in [0.5, 0.6) is 0 Å². The van der Waals surface area contributed by atoms with E-state index >= 15 is 0 Å². The van der Waals surface area contributed by atoms with E-state index in [0.717, 1.165) is 62.6 Å². The van der Waals surface area contributed by atoms with Crippen LogP contribution in [0.15, 0.2) is 127 Å². The molecule has 0 unspecified atom stereocenters. The molecular weight excluding hydrogens is 1120 g/mol. The zero-order valence-electron chi connectivity index (χ0n) is 47.9. The molecule has 81 heavy (non-hydrogen) atoms. The van der Waals surface area contributed by atoms with E-state index in [1.807, 2.05) is 36.4 Å². The van der Waals surface area contributed by atoms with E-state index in [4.69, 9.17) is 58.0 Å². The molecule has 0 aromatic heterocycles. The molecule has 3 aliphatic rings. The van der Waals surface area contributed by atoms with E-state index < -0.39 is 5.82 Å². The highest BCUT2D eigenvalue weighted by molar-refractivity contribution is 6.44. The Hall–Kier alpha value is -5.01. The third-order valence-corrected chi connectivity index (χ3v) is 18.4. The van der Waals surface area contributed by atoms with E-state index in [1.165, 1.54) is 131 Å². The predicted molar refractivity (Wildman–Crippen MR) is 336 cm³/mol. The van der Waals surface area contributed by atoms with Crippen molar-refractivity contribution in [2.75, 3.05) is 58.2 Å². The first-order valence-electron chi connectivity index (χ1n) is 28.6. The van der Waals surface area contributed by atoms with E-state index in [2.05, 4.69) is 94.6 Å². The molecule has 3 saturated carbocycles. The van der Waals surface area contributed by atoms with E-state index in [-0.39, 0.29) is 27.8 Å². The van der Waals surface area contributed by atoms with Crippen LogP contribution in [0.1, 0.15) is 144 Å². The topological polar surface area (TPSA) is 87.3 Å². The van der Waals surface area contributed by atoms with Gasteiger partial charge in [-0.25, -0.2) is 4.39 Å². The lowest BCUT2D eigenvalue weighted by molar-refractivity contribution is -0.929. The van der Waals surface area contributed by atoms with Gasteiger partial charge >= 0.3 is 0 Å². The van der Waals surface area contributed by atoms with Gasteiger partial charge in [-0.1, -0.05) is 126 Å². The summed E-state index contributed by atoms with van der Waals surface area (Å²) in [6.07, 6.45) is 20.1. The monoisotopic (exact) mass is 1200 g/mol. The first-order chi connectivity index (χ1) is 38.6. The van der Waals surface area contributed by atoms with Crippen molar-refractivity contribution in [3.8, 4) is 0 Å². The summed E-state index contributed by atoms with van der Waals surface area (Å²) in [4.78, 5) is 37.2. The maximum atomic E-state index is 13.2. The van der Waals surface area contributed by atoms with Crippen molar-refractivity contribution in [1.82, 2.24) is 0 Å². The quantitative estimate of drug-likeness (QED) is 0.0896. The SMILES string of the molecule is C[N+](C)(Cc1ccc(NC(=O)c2c(Cl)cccc2Cl)cc1)C1CCCCC1.C[N+](C)(Cc1ccc(NC(=O)c2ccc(F)c(Cl)c2)cc1)C1CCCCC1.C[N+](C)(Cc1ccc(NC(=O)c2cccc(Cl)c2Cl)cc1)C1CCCCC1. The van der Waals surface area contributed by atoms with Gasteiger partial charge < -0.3 is 29.4 Å². The molecule has 3 fully saturated rings. The summed E-state index contributed by atoms with van der Waals surface area (Å²) in [5, 5.41) is 9.91. The summed E-state index contributed by atoms with van der Waals surface area (Å²) in [7, 11) is 13.9. The van der Waals surface area contributed by atoms with Crippen molar-refractivity contribution in [2.45, 2.75) is 134 Å². The molecule has 3 N–H and O–H groups in total. The molecular formula is C66H81Cl5FN6O3+3. The average Bonchev–Trinajstić information content (AvgIpc) is 3.45. The number of carbonyl (C=O) groups is 3. The van der Waals surface area contributed by atoms with Gasteiger partial charge in [-0.3, -0.25) is 14.4 Å². The second-order valence-corrected chi connectivity index (χ2v) is 26.0. The normalized spacial score (nSPS) is 15.6. The molecule has 0 spiro atoms. The molecule has 0 radical (unpaired) electrons. The summed E-state index contributed by atoms with van der Waals surface area (Å²) >= 11 is 30.1. The van der Waals surface area contributed by atoms with Crippen molar-refractivity contribution in [3.63, 3.8) is 0 Å². The van der Waals surface area contributed by atoms with Crippen LogP contribution in [-0.4, -0.2) is 91.6 Å². The number of anilines is 3. The third-order valence-electron chi connectivity index (χ3n) is 16.7. The summed E-state index contributed by atoms with van der Waals surface area (Å²) in [5.41, 5.74) is 7.04. The van der Waals surface area contributed by atoms with E-state index in [0.29, 0.717) is 37.4 Å². The molecule has 3 amide bonds. The lowest BCUT2D eigenvalue weighted by Crippen LogP contribution is -2.48. The Labute approximate surface area is 505 Å². The molecule has 0 heterocycles. The Morgan fingerprint density at radius 1 is 0.420 bits per heavy atom. The molecule has 0 atom stereocenters. The first-order valence-corrected chi connectivity index (χ1v) is 30.5. The summed E-state index contributed by atoms with van der Waals surface area (Å²) < 4.78 is 16.3. The number of benzene rings is 6. The van der Waals surface area contributed by atoms with Crippen LogP contribution in [0.25, 0.3) is 0 Å². The Morgan fingerprint density at radius 2 is 0.765 bits per heavy atom. The van der Waals surface area contributed by atoms with Crippen molar-refractivity contribution >= 4 is 92.8 Å². The highest BCUT2D eigenvalue weighted by Gasteiger charge is 2.32. The zero-order valence-corrected chi connectivity index (χ0v) is 51.7.